The van der Waals surface area contributed by atoms with E-state index < -0.39 is 65.1 Å². The molecule has 12 aromatic rings. The van der Waals surface area contributed by atoms with Crippen LogP contribution in [0.3, 0.4) is 0 Å². The number of hydrogen-bond donors (Lipinski definition) is 2. The number of nitrogens with zero attached hydrogens (tertiary/aromatic N) is 14. The van der Waals surface area contributed by atoms with E-state index >= 15 is 0 Å². The number of anilines is 1. The Labute approximate surface area is 827 Å². The monoisotopic (exact) mass is 2010 g/mol. The van der Waals surface area contributed by atoms with Crippen LogP contribution < -0.4 is 9.44 Å². The van der Waals surface area contributed by atoms with E-state index in [1.807, 2.05) is 153 Å². The molecule has 0 aliphatic heterocycles. The first-order valence-electron chi connectivity index (χ1n) is 45.6. The molecule has 0 amide bonds. The van der Waals surface area contributed by atoms with E-state index in [0.717, 1.165) is 160 Å². The quantitative estimate of drug-likeness (QED) is 0.0715. The Morgan fingerprint density at radius 1 is 0.317 bits per heavy atom. The van der Waals surface area contributed by atoms with Gasteiger partial charge in [0.2, 0.25) is 30.1 Å². The lowest BCUT2D eigenvalue weighted by molar-refractivity contribution is 0.491. The SMILES string of the molecule is Cc1ncc(-c2ccc(NS(C)(=O)=O)cc2)nc1C(C)(C)C.Cc1ncc(-c2cccc(CS(=O)(=O)C3CC3)c2)nc1C(C)(C)C.Cc1ncc(-c2cccc(CS(=O)(=O)N(C)C)c2)nc1C(C)(C)C.Cc1ncc(-c2cccc(CS(C)(=O)=O)c2)nc1C(C)(C)C.Cc1ncc(-c2cccc(S(=O)(=O)NC(C)(C)C)c2)nc1C(C)(C)C.Cc1ncc(-c2cncc(CS(C)(=O)=O)c2)nc1C(C)(C)C. The molecule has 139 heavy (non-hydrogen) atoms. The third-order valence-electron chi connectivity index (χ3n) is 21.3. The summed E-state index contributed by atoms with van der Waals surface area (Å²) < 4.78 is 148. The lowest BCUT2D eigenvalue weighted by Gasteiger charge is -2.21. The summed E-state index contributed by atoms with van der Waals surface area (Å²) >= 11 is 0. The first kappa shape index (κ1) is 113. The fraction of sp³-hybridized carbons (Fsp3) is 0.438. The van der Waals surface area contributed by atoms with Crippen molar-refractivity contribution in [2.75, 3.05) is 37.6 Å². The first-order chi connectivity index (χ1) is 63.6. The predicted molar refractivity (Wildman–Crippen MR) is 561 cm³/mol. The van der Waals surface area contributed by atoms with Crippen molar-refractivity contribution in [3.05, 3.63) is 268 Å². The zero-order chi connectivity index (χ0) is 104. The van der Waals surface area contributed by atoms with Gasteiger partial charge in [-0.15, -0.1) is 0 Å². The number of pyridine rings is 1. The molecule has 0 bridgehead atoms. The summed E-state index contributed by atoms with van der Waals surface area (Å²) in [6.45, 7) is 55.0. The highest BCUT2D eigenvalue weighted by Crippen LogP contribution is 2.36. The van der Waals surface area contributed by atoms with Crippen molar-refractivity contribution in [2.24, 2.45) is 0 Å². The van der Waals surface area contributed by atoms with Gasteiger partial charge in [-0.25, -0.2) is 89.4 Å². The smallest absolute Gasteiger partial charge is 0.241 e. The second-order valence-corrected chi connectivity index (χ2v) is 55.0. The standard InChI is InChI=1S/C19H27N3O2S.C19H24N2O2S.C18H25N3O2S.C17H22N2O2S.2C16H21N3O2S/c1-13-17(18(2,3)4)21-16(12-20-13)14-9-8-10-15(11-14)25(23,24)22-19(5,6)7;1-13-18(19(2,3)4)21-17(11-20-13)15-7-5-6-14(10-15)12-24(22,23)16-8-9-16;1-13-17(18(2,3)4)20-16(11-19-13)15-9-7-8-14(10-15)12-24(22,23)21(5)6;1-12-16(17(2,3)4)19-15(10-18-12)14-8-6-7-13(9-14)11-22(5,20)21;1-11-15(16(2,3)4)19-14(9-18-11)13-6-12(7-17-8-13)10-22(5,20)21;1-11-15(16(2,3)4)18-14(10-17-11)12-6-8-13(9-7-12)19-22(5,20)21/h8-12,22H,1-7H3;5-7,10-11,16H,8-9,12H2,1-4H3;7-11H,12H2,1-6H3;6-10H,11H2,1-5H3;6-9H,10H2,1-5H3;6-10,19H,1-5H3. The molecule has 0 spiro atoms. The highest BCUT2D eigenvalue weighted by Gasteiger charge is 2.36. The molecule has 1 aliphatic carbocycles. The molecule has 1 aliphatic rings. The van der Waals surface area contributed by atoms with Crippen LogP contribution in [0.15, 0.2) is 182 Å². The molecule has 1 saturated carbocycles. The molecular weight excluding hydrogens is 1870 g/mol. The Hall–Kier alpha value is -10.9. The van der Waals surface area contributed by atoms with Gasteiger partial charge >= 0.3 is 0 Å². The summed E-state index contributed by atoms with van der Waals surface area (Å²) in [5.74, 6) is 0.0850. The summed E-state index contributed by atoms with van der Waals surface area (Å²) in [5, 5.41) is -0.132. The highest BCUT2D eigenvalue weighted by molar-refractivity contribution is 7.92. The van der Waals surface area contributed by atoms with Crippen molar-refractivity contribution >= 4 is 65.3 Å². The molecule has 13 rings (SSSR count). The van der Waals surface area contributed by atoms with Gasteiger partial charge in [0.15, 0.2) is 29.5 Å². The zero-order valence-corrected chi connectivity index (χ0v) is 91.6. The second kappa shape index (κ2) is 44.5. The fourth-order valence-corrected chi connectivity index (χ4v) is 21.1. The molecule has 1 fully saturated rings. The van der Waals surface area contributed by atoms with Crippen LogP contribution in [0, 0.1) is 41.5 Å². The van der Waals surface area contributed by atoms with Crippen LogP contribution in [0.5, 0.6) is 0 Å². The Morgan fingerprint density at radius 2 is 0.597 bits per heavy atom. The molecule has 7 heterocycles. The van der Waals surface area contributed by atoms with Gasteiger partial charge in [0.05, 0.1) is 179 Å². The highest BCUT2D eigenvalue weighted by atomic mass is 32.2. The van der Waals surface area contributed by atoms with Crippen molar-refractivity contribution in [2.45, 2.75) is 271 Å². The number of aryl methyl sites for hydroxylation is 6. The van der Waals surface area contributed by atoms with E-state index in [1.54, 1.807) is 100 Å². The molecular formula is C105H140N16O12S6. The van der Waals surface area contributed by atoms with Crippen LogP contribution in [0.1, 0.15) is 249 Å². The summed E-state index contributed by atoms with van der Waals surface area (Å²) in [7, 11) is -16.2. The lowest BCUT2D eigenvalue weighted by Crippen LogP contribution is -2.40. The minimum Gasteiger partial charge on any atom is -0.284 e. The van der Waals surface area contributed by atoms with Crippen LogP contribution in [0.4, 0.5) is 5.69 Å². The van der Waals surface area contributed by atoms with Crippen molar-refractivity contribution in [3.8, 4) is 67.5 Å². The summed E-state index contributed by atoms with van der Waals surface area (Å²) in [4.78, 5) is 59.5. The number of benzene rings is 5. The maximum atomic E-state index is 12.6. The van der Waals surface area contributed by atoms with Gasteiger partial charge in [0, 0.05) is 116 Å². The molecule has 28 nitrogen and oxygen atoms in total. The molecule has 7 aromatic heterocycles. The summed E-state index contributed by atoms with van der Waals surface area (Å²) in [6.07, 6.45) is 18.8. The number of aromatic nitrogens is 13. The van der Waals surface area contributed by atoms with E-state index in [2.05, 4.69) is 169 Å². The first-order valence-corrected chi connectivity index (χ1v) is 56.4. The summed E-state index contributed by atoms with van der Waals surface area (Å²) in [5.41, 5.74) is 23.1. The third-order valence-corrected chi connectivity index (χ3v) is 29.4. The molecule has 0 saturated heterocycles. The van der Waals surface area contributed by atoms with Crippen LogP contribution in [-0.4, -0.2) is 163 Å². The van der Waals surface area contributed by atoms with Crippen molar-refractivity contribution < 1.29 is 50.5 Å². The van der Waals surface area contributed by atoms with Gasteiger partial charge in [-0.1, -0.05) is 203 Å². The number of rotatable bonds is 20. The number of sulfone groups is 3. The molecule has 34 heteroatoms. The second-order valence-electron chi connectivity index (χ2n) is 42.8. The van der Waals surface area contributed by atoms with Gasteiger partial charge in [0.25, 0.3) is 0 Å². The molecule has 0 atom stereocenters. The molecule has 748 valence electrons. The van der Waals surface area contributed by atoms with Crippen molar-refractivity contribution in [1.29, 1.82) is 0 Å². The van der Waals surface area contributed by atoms with Gasteiger partial charge in [-0.3, -0.25) is 39.6 Å². The van der Waals surface area contributed by atoms with Crippen LogP contribution in [0.2, 0.25) is 0 Å². The summed E-state index contributed by atoms with van der Waals surface area (Å²) in [6, 6.07) is 38.3. The van der Waals surface area contributed by atoms with E-state index in [-0.39, 0.29) is 65.6 Å². The Morgan fingerprint density at radius 3 is 0.892 bits per heavy atom. The Bertz CT molecular complexity index is 6860. The number of nitrogens with one attached hydrogen (secondary N) is 2. The van der Waals surface area contributed by atoms with E-state index in [1.165, 1.54) is 16.8 Å². The predicted octanol–water partition coefficient (Wildman–Crippen LogP) is 19.9. The van der Waals surface area contributed by atoms with Gasteiger partial charge < -0.3 is 0 Å². The average Bonchev–Trinajstić information content (AvgIpc) is 1.78. The van der Waals surface area contributed by atoms with Gasteiger partial charge in [-0.05, 0) is 146 Å². The van der Waals surface area contributed by atoms with E-state index in [4.69, 9.17) is 29.9 Å². The van der Waals surface area contributed by atoms with Gasteiger partial charge in [-0.2, -0.15) is 0 Å². The topological polar surface area (TPSA) is 400 Å². The fourth-order valence-electron chi connectivity index (χ4n) is 14.9. The van der Waals surface area contributed by atoms with Crippen molar-refractivity contribution in [1.82, 2.24) is 73.8 Å². The molecule has 0 radical (unpaired) electrons. The maximum Gasteiger partial charge on any atom is 0.241 e. The lowest BCUT2D eigenvalue weighted by atomic mass is 9.90. The molecule has 2 N–H and O–H groups in total. The van der Waals surface area contributed by atoms with E-state index in [0.29, 0.717) is 22.6 Å². The van der Waals surface area contributed by atoms with Crippen LogP contribution >= 0.6 is 0 Å². The van der Waals surface area contributed by atoms with E-state index in [9.17, 15) is 50.5 Å². The number of hydrogen-bond acceptors (Lipinski definition) is 25. The number of sulfonamides is 3. The zero-order valence-electron chi connectivity index (χ0n) is 86.7. The third kappa shape index (κ3) is 34.8. The minimum absolute atomic E-state index is 0.0285. The molecule has 0 unspecified atom stereocenters. The maximum absolute atomic E-state index is 12.6. The van der Waals surface area contributed by atoms with Crippen molar-refractivity contribution in [3.63, 3.8) is 0 Å². The Balaban J connectivity index is 0.000000205. The normalized spacial score (nSPS) is 13.1. The van der Waals surface area contributed by atoms with Crippen LogP contribution in [0.25, 0.3) is 67.5 Å². The average molecular weight is 2010 g/mol. The largest absolute Gasteiger partial charge is 0.284 e. The van der Waals surface area contributed by atoms with Crippen LogP contribution in [-0.2, 0) is 115 Å². The van der Waals surface area contributed by atoms with Gasteiger partial charge in [0.1, 0.15) is 0 Å². The Kier molecular flexibility index (Phi) is 36.3. The molecule has 5 aromatic carbocycles. The minimum atomic E-state index is -3.59.